The molecule has 4 heteroatoms. The number of halogens is 1. The van der Waals surface area contributed by atoms with Gasteiger partial charge in [0, 0.05) is 24.7 Å². The molecule has 0 amide bonds. The Morgan fingerprint density at radius 3 is 2.74 bits per heavy atom. The second kappa shape index (κ2) is 6.98. The average Bonchev–Trinajstić information content (AvgIpc) is 2.40. The van der Waals surface area contributed by atoms with Gasteiger partial charge in [0.05, 0.1) is 13.2 Å². The second-order valence-electron chi connectivity index (χ2n) is 5.30. The first-order chi connectivity index (χ1) is 9.15. The van der Waals surface area contributed by atoms with Crippen molar-refractivity contribution in [2.45, 2.75) is 38.4 Å². The monoisotopic (exact) mass is 266 g/mol. The van der Waals surface area contributed by atoms with E-state index in [9.17, 15) is 4.39 Å². The minimum Gasteiger partial charge on any atom is -0.379 e. The molecule has 1 aromatic carbocycles. The van der Waals surface area contributed by atoms with E-state index < -0.39 is 0 Å². The van der Waals surface area contributed by atoms with Crippen LogP contribution in [0.1, 0.15) is 31.9 Å². The van der Waals surface area contributed by atoms with E-state index in [1.807, 2.05) is 12.1 Å². The third kappa shape index (κ3) is 4.56. The predicted molar refractivity (Wildman–Crippen MR) is 74.6 cm³/mol. The van der Waals surface area contributed by atoms with E-state index in [0.717, 1.165) is 31.7 Å². The molecule has 2 unspecified atom stereocenters. The lowest BCUT2D eigenvalue weighted by atomic mass is 10.0. The van der Waals surface area contributed by atoms with Gasteiger partial charge in [-0.3, -0.25) is 0 Å². The molecule has 0 saturated carbocycles. The molecule has 19 heavy (non-hydrogen) atoms. The standard InChI is InChI=1S/C15H23FN2O/c1-11(9-15-10-19-8-7-17-15)18-12(2)13-3-5-14(16)6-4-13/h3-6,11-12,15,17-18H,7-10H2,1-2H3/t11?,12-,15?/m0/s1. The van der Waals surface area contributed by atoms with Gasteiger partial charge in [-0.2, -0.15) is 0 Å². The molecule has 3 nitrogen and oxygen atoms in total. The molecule has 1 fully saturated rings. The zero-order chi connectivity index (χ0) is 13.7. The van der Waals surface area contributed by atoms with E-state index in [-0.39, 0.29) is 11.9 Å². The fraction of sp³-hybridized carbons (Fsp3) is 0.600. The number of morpholine rings is 1. The average molecular weight is 266 g/mol. The maximum absolute atomic E-state index is 12.9. The Balaban J connectivity index is 1.80. The highest BCUT2D eigenvalue weighted by Crippen LogP contribution is 2.15. The zero-order valence-electron chi connectivity index (χ0n) is 11.7. The number of ether oxygens (including phenoxy) is 1. The second-order valence-corrected chi connectivity index (χ2v) is 5.30. The Morgan fingerprint density at radius 2 is 2.11 bits per heavy atom. The summed E-state index contributed by atoms with van der Waals surface area (Å²) < 4.78 is 18.3. The number of hydrogen-bond donors (Lipinski definition) is 2. The van der Waals surface area contributed by atoms with Crippen LogP contribution in [0.15, 0.2) is 24.3 Å². The van der Waals surface area contributed by atoms with Crippen molar-refractivity contribution in [1.82, 2.24) is 10.6 Å². The fourth-order valence-corrected chi connectivity index (χ4v) is 2.54. The lowest BCUT2D eigenvalue weighted by Gasteiger charge is -2.28. The molecule has 1 heterocycles. The van der Waals surface area contributed by atoms with Crippen molar-refractivity contribution in [2.75, 3.05) is 19.8 Å². The molecular formula is C15H23FN2O. The Hall–Kier alpha value is -0.970. The van der Waals surface area contributed by atoms with Gasteiger partial charge in [-0.1, -0.05) is 12.1 Å². The zero-order valence-corrected chi connectivity index (χ0v) is 11.7. The van der Waals surface area contributed by atoms with Gasteiger partial charge in [0.25, 0.3) is 0 Å². The Kier molecular flexibility index (Phi) is 5.31. The van der Waals surface area contributed by atoms with Crippen LogP contribution in [-0.2, 0) is 4.74 Å². The van der Waals surface area contributed by atoms with Crippen LogP contribution < -0.4 is 10.6 Å². The van der Waals surface area contributed by atoms with E-state index in [1.165, 1.54) is 12.1 Å². The van der Waals surface area contributed by atoms with Gasteiger partial charge in [-0.25, -0.2) is 4.39 Å². The van der Waals surface area contributed by atoms with Crippen molar-refractivity contribution >= 4 is 0 Å². The Labute approximate surface area is 114 Å². The van der Waals surface area contributed by atoms with E-state index in [4.69, 9.17) is 4.74 Å². The summed E-state index contributed by atoms with van der Waals surface area (Å²) in [5, 5.41) is 7.00. The van der Waals surface area contributed by atoms with Crippen LogP contribution in [0, 0.1) is 5.82 Å². The summed E-state index contributed by atoms with van der Waals surface area (Å²) in [7, 11) is 0. The van der Waals surface area contributed by atoms with Crippen LogP contribution in [0.5, 0.6) is 0 Å². The molecule has 1 saturated heterocycles. The normalized spacial score (nSPS) is 23.0. The van der Waals surface area contributed by atoms with Crippen LogP contribution in [-0.4, -0.2) is 31.8 Å². The number of rotatable bonds is 5. The molecule has 0 bridgehead atoms. The molecule has 3 atom stereocenters. The van der Waals surface area contributed by atoms with E-state index in [0.29, 0.717) is 12.1 Å². The summed E-state index contributed by atoms with van der Waals surface area (Å²) in [5.41, 5.74) is 1.11. The molecule has 1 aliphatic rings. The highest BCUT2D eigenvalue weighted by Gasteiger charge is 2.17. The van der Waals surface area contributed by atoms with Gasteiger partial charge in [0.15, 0.2) is 0 Å². The summed E-state index contributed by atoms with van der Waals surface area (Å²) >= 11 is 0. The van der Waals surface area contributed by atoms with Gasteiger partial charge >= 0.3 is 0 Å². The highest BCUT2D eigenvalue weighted by molar-refractivity contribution is 5.19. The SMILES string of the molecule is CC(CC1COCCN1)N[C@@H](C)c1ccc(F)cc1. The van der Waals surface area contributed by atoms with Crippen LogP contribution in [0.4, 0.5) is 4.39 Å². The molecule has 2 rings (SSSR count). The molecule has 0 radical (unpaired) electrons. The lowest BCUT2D eigenvalue weighted by molar-refractivity contribution is 0.0708. The first-order valence-corrected chi connectivity index (χ1v) is 6.98. The van der Waals surface area contributed by atoms with Gasteiger partial charge in [-0.05, 0) is 38.0 Å². The van der Waals surface area contributed by atoms with Crippen molar-refractivity contribution in [3.8, 4) is 0 Å². The smallest absolute Gasteiger partial charge is 0.123 e. The fourth-order valence-electron chi connectivity index (χ4n) is 2.54. The summed E-state index contributed by atoms with van der Waals surface area (Å²) in [6.45, 7) is 6.82. The van der Waals surface area contributed by atoms with Crippen molar-refractivity contribution in [2.24, 2.45) is 0 Å². The molecule has 0 aromatic heterocycles. The number of hydrogen-bond acceptors (Lipinski definition) is 3. The predicted octanol–water partition coefficient (Wildman–Crippen LogP) is 2.24. The maximum atomic E-state index is 12.9. The summed E-state index contributed by atoms with van der Waals surface area (Å²) in [4.78, 5) is 0. The Morgan fingerprint density at radius 1 is 1.37 bits per heavy atom. The van der Waals surface area contributed by atoms with Crippen LogP contribution in [0.25, 0.3) is 0 Å². The van der Waals surface area contributed by atoms with Gasteiger partial charge in [0.1, 0.15) is 5.82 Å². The first kappa shape index (κ1) is 14.4. The van der Waals surface area contributed by atoms with Gasteiger partial charge in [-0.15, -0.1) is 0 Å². The third-order valence-corrected chi connectivity index (χ3v) is 3.54. The minimum atomic E-state index is -0.187. The van der Waals surface area contributed by atoms with Crippen LogP contribution >= 0.6 is 0 Å². The van der Waals surface area contributed by atoms with Crippen molar-refractivity contribution in [3.63, 3.8) is 0 Å². The molecular weight excluding hydrogens is 243 g/mol. The van der Waals surface area contributed by atoms with E-state index in [2.05, 4.69) is 24.5 Å². The number of benzene rings is 1. The van der Waals surface area contributed by atoms with E-state index in [1.54, 1.807) is 0 Å². The topological polar surface area (TPSA) is 33.3 Å². The quantitative estimate of drug-likeness (QED) is 0.857. The molecule has 2 N–H and O–H groups in total. The van der Waals surface area contributed by atoms with Crippen LogP contribution in [0.2, 0.25) is 0 Å². The van der Waals surface area contributed by atoms with Crippen molar-refractivity contribution in [3.05, 3.63) is 35.6 Å². The summed E-state index contributed by atoms with van der Waals surface area (Å²) in [5.74, 6) is -0.187. The first-order valence-electron chi connectivity index (χ1n) is 6.98. The van der Waals surface area contributed by atoms with Crippen molar-refractivity contribution < 1.29 is 9.13 Å². The van der Waals surface area contributed by atoms with Crippen molar-refractivity contribution in [1.29, 1.82) is 0 Å². The molecule has 1 aliphatic heterocycles. The lowest BCUT2D eigenvalue weighted by Crippen LogP contribution is -2.45. The number of nitrogens with one attached hydrogen (secondary N) is 2. The van der Waals surface area contributed by atoms with Crippen LogP contribution in [0.3, 0.4) is 0 Å². The van der Waals surface area contributed by atoms with Gasteiger partial charge in [0.2, 0.25) is 0 Å². The highest BCUT2D eigenvalue weighted by atomic mass is 19.1. The third-order valence-electron chi connectivity index (χ3n) is 3.54. The molecule has 0 spiro atoms. The van der Waals surface area contributed by atoms with Gasteiger partial charge < -0.3 is 15.4 Å². The largest absolute Gasteiger partial charge is 0.379 e. The van der Waals surface area contributed by atoms with E-state index >= 15 is 0 Å². The minimum absolute atomic E-state index is 0.187. The molecule has 1 aromatic rings. The molecule has 106 valence electrons. The Bertz CT molecular complexity index is 376. The molecule has 0 aliphatic carbocycles. The summed E-state index contributed by atoms with van der Waals surface area (Å²) in [6, 6.07) is 7.73. The summed E-state index contributed by atoms with van der Waals surface area (Å²) in [6.07, 6.45) is 1.03. The maximum Gasteiger partial charge on any atom is 0.123 e.